The molecular formula is C16H22N2O5. The largest absolute Gasteiger partial charge is 0.467 e. The monoisotopic (exact) mass is 322 g/mol. The van der Waals surface area contributed by atoms with E-state index < -0.39 is 30.1 Å². The maximum Gasteiger partial charge on any atom is 0.407 e. The SMILES string of the molecule is CC[C@@H](NC(=O)OCc1ccccc1)[C@H](NC(C)=O)C(=O)OC. The summed E-state index contributed by atoms with van der Waals surface area (Å²) in [5.74, 6) is -1.02. The standard InChI is InChI=1S/C16H22N2O5/c1-4-13(14(15(20)22-3)17-11(2)19)18-16(21)23-10-12-8-6-5-7-9-12/h5-9,13-14H,4,10H2,1-3H3,(H,17,19)(H,18,21)/t13-,14+/m1/s1. The van der Waals surface area contributed by atoms with E-state index in [1.165, 1.54) is 14.0 Å². The molecule has 0 aromatic heterocycles. The predicted octanol–water partition coefficient (Wildman–Crippen LogP) is 1.37. The highest BCUT2D eigenvalue weighted by molar-refractivity contribution is 5.84. The van der Waals surface area contributed by atoms with E-state index in [9.17, 15) is 14.4 Å². The lowest BCUT2D eigenvalue weighted by Crippen LogP contribution is -2.55. The molecule has 126 valence electrons. The van der Waals surface area contributed by atoms with Crippen molar-refractivity contribution in [2.75, 3.05) is 7.11 Å². The molecule has 7 nitrogen and oxygen atoms in total. The lowest BCUT2D eigenvalue weighted by atomic mass is 10.1. The van der Waals surface area contributed by atoms with Gasteiger partial charge in [-0.05, 0) is 12.0 Å². The molecule has 1 aromatic rings. The van der Waals surface area contributed by atoms with Gasteiger partial charge in [0.2, 0.25) is 5.91 Å². The van der Waals surface area contributed by atoms with Gasteiger partial charge in [0.25, 0.3) is 0 Å². The van der Waals surface area contributed by atoms with Crippen molar-refractivity contribution < 1.29 is 23.9 Å². The lowest BCUT2D eigenvalue weighted by Gasteiger charge is -2.25. The zero-order valence-electron chi connectivity index (χ0n) is 13.5. The van der Waals surface area contributed by atoms with E-state index in [1.54, 1.807) is 6.92 Å². The Hall–Kier alpha value is -2.57. The van der Waals surface area contributed by atoms with Crippen molar-refractivity contribution in [2.24, 2.45) is 0 Å². The Kier molecular flexibility index (Phi) is 7.59. The molecule has 0 bridgehead atoms. The highest BCUT2D eigenvalue weighted by Crippen LogP contribution is 2.05. The highest BCUT2D eigenvalue weighted by Gasteiger charge is 2.30. The molecule has 0 radical (unpaired) electrons. The Labute approximate surface area is 135 Å². The van der Waals surface area contributed by atoms with Crippen LogP contribution < -0.4 is 10.6 Å². The van der Waals surface area contributed by atoms with Crippen LogP contribution in [0.15, 0.2) is 30.3 Å². The third kappa shape index (κ3) is 6.37. The minimum atomic E-state index is -0.966. The first-order valence-electron chi connectivity index (χ1n) is 7.30. The Balaban J connectivity index is 2.62. The van der Waals surface area contributed by atoms with Crippen molar-refractivity contribution in [2.45, 2.75) is 39.0 Å². The molecule has 0 aliphatic rings. The smallest absolute Gasteiger partial charge is 0.407 e. The van der Waals surface area contributed by atoms with Gasteiger partial charge in [0, 0.05) is 6.92 Å². The van der Waals surface area contributed by atoms with Crippen molar-refractivity contribution in [1.82, 2.24) is 10.6 Å². The van der Waals surface area contributed by atoms with Crippen LogP contribution in [-0.4, -0.2) is 37.2 Å². The van der Waals surface area contributed by atoms with Crippen molar-refractivity contribution in [3.63, 3.8) is 0 Å². The summed E-state index contributed by atoms with van der Waals surface area (Å²) in [5.41, 5.74) is 0.849. The molecule has 0 spiro atoms. The first-order valence-corrected chi connectivity index (χ1v) is 7.30. The summed E-state index contributed by atoms with van der Waals surface area (Å²) in [6.07, 6.45) is -0.250. The third-order valence-electron chi connectivity index (χ3n) is 3.17. The molecule has 1 rings (SSSR count). The van der Waals surface area contributed by atoms with E-state index in [0.29, 0.717) is 6.42 Å². The first-order chi connectivity index (χ1) is 11.0. The number of benzene rings is 1. The molecule has 0 unspecified atom stereocenters. The molecule has 2 atom stereocenters. The van der Waals surface area contributed by atoms with Gasteiger partial charge in [0.05, 0.1) is 13.2 Å². The van der Waals surface area contributed by atoms with E-state index in [4.69, 9.17) is 4.74 Å². The molecular weight excluding hydrogens is 300 g/mol. The second kappa shape index (κ2) is 9.45. The van der Waals surface area contributed by atoms with Crippen molar-refractivity contribution in [3.8, 4) is 0 Å². The maximum absolute atomic E-state index is 11.9. The number of alkyl carbamates (subject to hydrolysis) is 1. The van der Waals surface area contributed by atoms with E-state index >= 15 is 0 Å². The Morgan fingerprint density at radius 1 is 1.13 bits per heavy atom. The fourth-order valence-corrected chi connectivity index (χ4v) is 2.01. The van der Waals surface area contributed by atoms with Crippen molar-refractivity contribution in [3.05, 3.63) is 35.9 Å². The van der Waals surface area contributed by atoms with E-state index in [2.05, 4.69) is 15.4 Å². The fourth-order valence-electron chi connectivity index (χ4n) is 2.01. The number of methoxy groups -OCH3 is 1. The van der Waals surface area contributed by atoms with Crippen LogP contribution in [0.5, 0.6) is 0 Å². The number of amides is 2. The van der Waals surface area contributed by atoms with E-state index in [1.807, 2.05) is 30.3 Å². The lowest BCUT2D eigenvalue weighted by molar-refractivity contribution is -0.145. The minimum absolute atomic E-state index is 0.117. The Bertz CT molecular complexity index is 533. The van der Waals surface area contributed by atoms with Crippen LogP contribution in [0.1, 0.15) is 25.8 Å². The molecule has 2 amide bonds. The summed E-state index contributed by atoms with van der Waals surface area (Å²) < 4.78 is 9.78. The van der Waals surface area contributed by atoms with Gasteiger partial charge in [-0.15, -0.1) is 0 Å². The number of carbonyl (C=O) groups is 3. The molecule has 0 saturated heterocycles. The summed E-state index contributed by atoms with van der Waals surface area (Å²) in [4.78, 5) is 34.9. The summed E-state index contributed by atoms with van der Waals surface area (Å²) in [6, 6.07) is 7.62. The second-order valence-corrected chi connectivity index (χ2v) is 4.92. The zero-order chi connectivity index (χ0) is 17.2. The number of rotatable bonds is 7. The summed E-state index contributed by atoms with van der Waals surface area (Å²) in [6.45, 7) is 3.18. The number of esters is 1. The Morgan fingerprint density at radius 2 is 1.78 bits per heavy atom. The van der Waals surface area contributed by atoms with Gasteiger partial charge < -0.3 is 20.1 Å². The first kappa shape index (κ1) is 18.5. The van der Waals surface area contributed by atoms with Gasteiger partial charge in [0.15, 0.2) is 0 Å². The average molecular weight is 322 g/mol. The minimum Gasteiger partial charge on any atom is -0.467 e. The van der Waals surface area contributed by atoms with Crippen LogP contribution in [-0.2, 0) is 25.7 Å². The fraction of sp³-hybridized carbons (Fsp3) is 0.438. The van der Waals surface area contributed by atoms with Crippen LogP contribution in [0.4, 0.5) is 4.79 Å². The van der Waals surface area contributed by atoms with Gasteiger partial charge in [-0.1, -0.05) is 37.3 Å². The highest BCUT2D eigenvalue weighted by atomic mass is 16.5. The number of nitrogens with one attached hydrogen (secondary N) is 2. The maximum atomic E-state index is 11.9. The predicted molar refractivity (Wildman–Crippen MR) is 83.5 cm³/mol. The van der Waals surface area contributed by atoms with Gasteiger partial charge in [-0.3, -0.25) is 4.79 Å². The number of carbonyl (C=O) groups excluding carboxylic acids is 3. The van der Waals surface area contributed by atoms with Crippen LogP contribution in [0.3, 0.4) is 0 Å². The quantitative estimate of drug-likeness (QED) is 0.740. The molecule has 0 aliphatic heterocycles. The van der Waals surface area contributed by atoms with Crippen LogP contribution in [0, 0.1) is 0 Å². The van der Waals surface area contributed by atoms with Crippen molar-refractivity contribution >= 4 is 18.0 Å². The summed E-state index contributed by atoms with van der Waals surface area (Å²) in [7, 11) is 1.22. The molecule has 1 aromatic carbocycles. The number of hydrogen-bond acceptors (Lipinski definition) is 5. The average Bonchev–Trinajstić information content (AvgIpc) is 2.56. The summed E-state index contributed by atoms with van der Waals surface area (Å²) >= 11 is 0. The van der Waals surface area contributed by atoms with Gasteiger partial charge >= 0.3 is 12.1 Å². The molecule has 0 saturated carbocycles. The summed E-state index contributed by atoms with van der Waals surface area (Å²) in [5, 5.41) is 5.06. The van der Waals surface area contributed by atoms with Crippen LogP contribution >= 0.6 is 0 Å². The molecule has 0 heterocycles. The molecule has 0 aliphatic carbocycles. The van der Waals surface area contributed by atoms with Gasteiger partial charge in [-0.25, -0.2) is 9.59 Å². The van der Waals surface area contributed by atoms with Crippen molar-refractivity contribution in [1.29, 1.82) is 0 Å². The molecule has 23 heavy (non-hydrogen) atoms. The second-order valence-electron chi connectivity index (χ2n) is 4.92. The van der Waals surface area contributed by atoms with Crippen LogP contribution in [0.2, 0.25) is 0 Å². The molecule has 0 fully saturated rings. The van der Waals surface area contributed by atoms with Gasteiger partial charge in [-0.2, -0.15) is 0 Å². The van der Waals surface area contributed by atoms with Crippen LogP contribution in [0.25, 0.3) is 0 Å². The topological polar surface area (TPSA) is 93.7 Å². The number of ether oxygens (including phenoxy) is 2. The van der Waals surface area contributed by atoms with E-state index in [-0.39, 0.29) is 6.61 Å². The Morgan fingerprint density at radius 3 is 2.30 bits per heavy atom. The molecule has 7 heteroatoms. The number of hydrogen-bond donors (Lipinski definition) is 2. The van der Waals surface area contributed by atoms with E-state index in [0.717, 1.165) is 5.56 Å². The zero-order valence-corrected chi connectivity index (χ0v) is 13.5. The molecule has 2 N–H and O–H groups in total. The van der Waals surface area contributed by atoms with Gasteiger partial charge in [0.1, 0.15) is 12.6 Å². The third-order valence-corrected chi connectivity index (χ3v) is 3.17. The normalized spacial score (nSPS) is 12.7.